The van der Waals surface area contributed by atoms with E-state index in [2.05, 4.69) is 36.4 Å². The Kier molecular flexibility index (Phi) is 3.34. The number of imidazole rings is 1. The highest BCUT2D eigenvalue weighted by Gasteiger charge is 2.14. The summed E-state index contributed by atoms with van der Waals surface area (Å²) in [5.74, 6) is 4.78. The Morgan fingerprint density at radius 1 is 1.44 bits per heavy atom. The zero-order valence-corrected chi connectivity index (χ0v) is 10.9. The lowest BCUT2D eigenvalue weighted by Gasteiger charge is -2.11. The molecule has 1 atom stereocenters. The van der Waals surface area contributed by atoms with Gasteiger partial charge in [0, 0.05) is 6.54 Å². The van der Waals surface area contributed by atoms with E-state index < -0.39 is 0 Å². The van der Waals surface area contributed by atoms with E-state index >= 15 is 0 Å². The zero-order chi connectivity index (χ0) is 13.3. The lowest BCUT2D eigenvalue weighted by molar-refractivity contribution is -0.124. The maximum atomic E-state index is 11.4. The molecule has 0 saturated heterocycles. The van der Waals surface area contributed by atoms with Gasteiger partial charge in [-0.05, 0) is 37.1 Å². The Morgan fingerprint density at radius 3 is 2.78 bits per heavy atom. The van der Waals surface area contributed by atoms with Crippen LogP contribution in [0.4, 0.5) is 0 Å². The number of amides is 1. The lowest BCUT2D eigenvalue weighted by atomic mass is 10.1. The van der Waals surface area contributed by atoms with Crippen LogP contribution in [0, 0.1) is 19.8 Å². The predicted molar refractivity (Wildman–Crippen MR) is 70.7 cm³/mol. The normalized spacial score (nSPS) is 12.7. The standard InChI is InChI=1S/C13H18N4O/c1-8-4-11-12(5-9(8)2)17(7-15-11)6-10(3)13(18)16-14/h4-5,7,10H,6,14H2,1-3H3,(H,16,18). The highest BCUT2D eigenvalue weighted by Crippen LogP contribution is 2.19. The molecule has 1 aromatic carbocycles. The summed E-state index contributed by atoms with van der Waals surface area (Å²) in [4.78, 5) is 15.8. The molecule has 0 bridgehead atoms. The lowest BCUT2D eigenvalue weighted by Crippen LogP contribution is -2.36. The van der Waals surface area contributed by atoms with Crippen LogP contribution in [0.15, 0.2) is 18.5 Å². The number of hydrogen-bond acceptors (Lipinski definition) is 3. The van der Waals surface area contributed by atoms with Crippen molar-refractivity contribution in [2.24, 2.45) is 11.8 Å². The minimum absolute atomic E-state index is 0.166. The van der Waals surface area contributed by atoms with Crippen molar-refractivity contribution in [3.63, 3.8) is 0 Å². The molecular weight excluding hydrogens is 228 g/mol. The van der Waals surface area contributed by atoms with E-state index in [1.165, 1.54) is 11.1 Å². The molecule has 1 aromatic heterocycles. The number of nitrogens with zero attached hydrogens (tertiary/aromatic N) is 2. The summed E-state index contributed by atoms with van der Waals surface area (Å²) in [5.41, 5.74) is 6.63. The number of carbonyl (C=O) groups excluding carboxylic acids is 1. The van der Waals surface area contributed by atoms with Gasteiger partial charge in [0.25, 0.3) is 0 Å². The molecule has 5 heteroatoms. The summed E-state index contributed by atoms with van der Waals surface area (Å²) < 4.78 is 1.99. The predicted octanol–water partition coefficient (Wildman–Crippen LogP) is 1.28. The van der Waals surface area contributed by atoms with Gasteiger partial charge in [-0.1, -0.05) is 6.92 Å². The Labute approximate surface area is 106 Å². The molecule has 5 nitrogen and oxygen atoms in total. The van der Waals surface area contributed by atoms with Gasteiger partial charge in [-0.2, -0.15) is 0 Å². The second-order valence-electron chi connectivity index (χ2n) is 4.73. The van der Waals surface area contributed by atoms with Gasteiger partial charge in [0.2, 0.25) is 5.91 Å². The van der Waals surface area contributed by atoms with E-state index in [0.717, 1.165) is 11.0 Å². The average Bonchev–Trinajstić information content (AvgIpc) is 2.71. The first kappa shape index (κ1) is 12.6. The Balaban J connectivity index is 2.35. The topological polar surface area (TPSA) is 72.9 Å². The van der Waals surface area contributed by atoms with E-state index in [0.29, 0.717) is 6.54 Å². The Hall–Kier alpha value is -1.88. The number of rotatable bonds is 3. The van der Waals surface area contributed by atoms with Gasteiger partial charge in [0.05, 0.1) is 23.3 Å². The highest BCUT2D eigenvalue weighted by atomic mass is 16.2. The van der Waals surface area contributed by atoms with Crippen LogP contribution in [0.2, 0.25) is 0 Å². The first-order valence-corrected chi connectivity index (χ1v) is 5.95. The molecule has 0 fully saturated rings. The summed E-state index contributed by atoms with van der Waals surface area (Å²) in [6.45, 7) is 6.55. The third-order valence-electron chi connectivity index (χ3n) is 3.30. The van der Waals surface area contributed by atoms with Gasteiger partial charge in [-0.3, -0.25) is 10.2 Å². The van der Waals surface area contributed by atoms with E-state index in [4.69, 9.17) is 5.84 Å². The molecule has 1 amide bonds. The van der Waals surface area contributed by atoms with E-state index in [-0.39, 0.29) is 11.8 Å². The molecule has 2 rings (SSSR count). The number of fused-ring (bicyclic) bond motifs is 1. The Morgan fingerprint density at radius 2 is 2.11 bits per heavy atom. The van der Waals surface area contributed by atoms with Gasteiger partial charge in [0.15, 0.2) is 0 Å². The quantitative estimate of drug-likeness (QED) is 0.487. The highest BCUT2D eigenvalue weighted by molar-refractivity contribution is 5.79. The largest absolute Gasteiger partial charge is 0.330 e. The number of nitrogens with one attached hydrogen (secondary N) is 1. The first-order chi connectivity index (χ1) is 8.52. The molecule has 1 unspecified atom stereocenters. The minimum Gasteiger partial charge on any atom is -0.330 e. The fourth-order valence-corrected chi connectivity index (χ4v) is 1.98. The summed E-state index contributed by atoms with van der Waals surface area (Å²) in [6.07, 6.45) is 1.77. The van der Waals surface area contributed by atoms with Gasteiger partial charge in [-0.25, -0.2) is 10.8 Å². The van der Waals surface area contributed by atoms with Crippen LogP contribution in [-0.2, 0) is 11.3 Å². The fraction of sp³-hybridized carbons (Fsp3) is 0.385. The number of aromatic nitrogens is 2. The molecule has 3 N–H and O–H groups in total. The van der Waals surface area contributed by atoms with Crippen molar-refractivity contribution in [1.29, 1.82) is 0 Å². The van der Waals surface area contributed by atoms with E-state index in [1.807, 2.05) is 11.5 Å². The molecular formula is C13H18N4O. The number of benzene rings is 1. The molecule has 1 heterocycles. The number of hydrazine groups is 1. The van der Waals surface area contributed by atoms with Crippen molar-refractivity contribution in [2.45, 2.75) is 27.3 Å². The van der Waals surface area contributed by atoms with Crippen LogP contribution in [0.3, 0.4) is 0 Å². The van der Waals surface area contributed by atoms with Gasteiger partial charge >= 0.3 is 0 Å². The summed E-state index contributed by atoms with van der Waals surface area (Å²) in [7, 11) is 0. The van der Waals surface area contributed by atoms with E-state index in [9.17, 15) is 4.79 Å². The van der Waals surface area contributed by atoms with Crippen LogP contribution >= 0.6 is 0 Å². The fourth-order valence-electron chi connectivity index (χ4n) is 1.98. The van der Waals surface area contributed by atoms with Crippen LogP contribution < -0.4 is 11.3 Å². The van der Waals surface area contributed by atoms with E-state index in [1.54, 1.807) is 6.33 Å². The smallest absolute Gasteiger partial charge is 0.238 e. The minimum atomic E-state index is -0.186. The molecule has 2 aromatic rings. The summed E-state index contributed by atoms with van der Waals surface area (Å²) >= 11 is 0. The number of carbonyl (C=O) groups is 1. The van der Waals surface area contributed by atoms with Crippen LogP contribution in [0.5, 0.6) is 0 Å². The third kappa shape index (κ3) is 2.22. The van der Waals surface area contributed by atoms with Gasteiger partial charge in [0.1, 0.15) is 0 Å². The molecule has 96 valence electrons. The summed E-state index contributed by atoms with van der Waals surface area (Å²) in [5, 5.41) is 0. The molecule has 0 spiro atoms. The van der Waals surface area contributed by atoms with Crippen molar-refractivity contribution in [2.75, 3.05) is 0 Å². The SMILES string of the molecule is Cc1cc2ncn(CC(C)C(=O)NN)c2cc1C. The maximum absolute atomic E-state index is 11.4. The molecule has 0 aliphatic heterocycles. The van der Waals surface area contributed by atoms with Crippen molar-refractivity contribution in [1.82, 2.24) is 15.0 Å². The monoisotopic (exact) mass is 246 g/mol. The van der Waals surface area contributed by atoms with Crippen molar-refractivity contribution >= 4 is 16.9 Å². The Bertz CT molecular complexity index is 588. The summed E-state index contributed by atoms with van der Waals surface area (Å²) in [6, 6.07) is 4.17. The molecule has 0 radical (unpaired) electrons. The number of aryl methyl sites for hydroxylation is 2. The van der Waals surface area contributed by atoms with Crippen molar-refractivity contribution in [3.05, 3.63) is 29.6 Å². The average molecular weight is 246 g/mol. The second kappa shape index (κ2) is 4.78. The van der Waals surface area contributed by atoms with Crippen LogP contribution in [0.25, 0.3) is 11.0 Å². The zero-order valence-electron chi connectivity index (χ0n) is 10.9. The first-order valence-electron chi connectivity index (χ1n) is 5.95. The van der Waals surface area contributed by atoms with Crippen molar-refractivity contribution < 1.29 is 4.79 Å². The molecule has 18 heavy (non-hydrogen) atoms. The number of nitrogens with two attached hydrogens (primary N) is 1. The molecule has 0 aliphatic rings. The maximum Gasteiger partial charge on any atom is 0.238 e. The molecule has 0 aliphatic carbocycles. The number of hydrogen-bond donors (Lipinski definition) is 2. The molecule has 0 saturated carbocycles. The van der Waals surface area contributed by atoms with Crippen LogP contribution in [-0.4, -0.2) is 15.5 Å². The van der Waals surface area contributed by atoms with Crippen molar-refractivity contribution in [3.8, 4) is 0 Å². The van der Waals surface area contributed by atoms with Crippen LogP contribution in [0.1, 0.15) is 18.1 Å². The van der Waals surface area contributed by atoms with Gasteiger partial charge < -0.3 is 4.57 Å². The third-order valence-corrected chi connectivity index (χ3v) is 3.30. The van der Waals surface area contributed by atoms with Gasteiger partial charge in [-0.15, -0.1) is 0 Å². The second-order valence-corrected chi connectivity index (χ2v) is 4.73.